The van der Waals surface area contributed by atoms with E-state index in [1.54, 1.807) is 0 Å². The lowest BCUT2D eigenvalue weighted by atomic mass is 10.1. The number of ether oxygens (including phenoxy) is 1. The highest BCUT2D eigenvalue weighted by atomic mass is 16.5. The molecule has 1 aliphatic rings. The minimum Gasteiger partial charge on any atom is -0.494 e. The monoisotopic (exact) mass is 247 g/mol. The molecule has 1 saturated heterocycles. The third-order valence-corrected chi connectivity index (χ3v) is 3.67. The van der Waals surface area contributed by atoms with Crippen LogP contribution >= 0.6 is 0 Å². The molecule has 2 rings (SSSR count). The van der Waals surface area contributed by atoms with Crippen LogP contribution in [0.3, 0.4) is 0 Å². The van der Waals surface area contributed by atoms with Crippen LogP contribution in [-0.4, -0.2) is 31.1 Å². The summed E-state index contributed by atoms with van der Waals surface area (Å²) >= 11 is 0. The van der Waals surface area contributed by atoms with Crippen molar-refractivity contribution in [2.45, 2.75) is 39.0 Å². The number of rotatable bonds is 6. The second kappa shape index (κ2) is 7.42. The Labute approximate surface area is 111 Å². The normalized spacial score (nSPS) is 16.7. The van der Waals surface area contributed by atoms with E-state index in [-0.39, 0.29) is 0 Å². The number of likely N-dealkylation sites (tertiary alicyclic amines) is 1. The van der Waals surface area contributed by atoms with Crippen molar-refractivity contribution < 1.29 is 4.74 Å². The number of hydrogen-bond acceptors (Lipinski definition) is 2. The van der Waals surface area contributed by atoms with Crippen molar-refractivity contribution in [2.24, 2.45) is 0 Å². The molecule has 100 valence electrons. The van der Waals surface area contributed by atoms with Gasteiger partial charge in [-0.3, -0.25) is 0 Å². The summed E-state index contributed by atoms with van der Waals surface area (Å²) < 4.78 is 5.77. The molecular weight excluding hydrogens is 222 g/mol. The molecule has 1 aromatic rings. The van der Waals surface area contributed by atoms with Gasteiger partial charge in [0, 0.05) is 6.54 Å². The summed E-state index contributed by atoms with van der Waals surface area (Å²) in [6, 6.07) is 8.47. The van der Waals surface area contributed by atoms with E-state index in [0.29, 0.717) is 0 Å². The summed E-state index contributed by atoms with van der Waals surface area (Å²) in [5, 5.41) is 0. The SMILES string of the molecule is CCc1ccc(OCCCN2CCCCC2)cc1. The molecule has 0 spiro atoms. The van der Waals surface area contributed by atoms with Gasteiger partial charge in [-0.25, -0.2) is 0 Å². The minimum atomic E-state index is 0.835. The zero-order valence-corrected chi connectivity index (χ0v) is 11.5. The van der Waals surface area contributed by atoms with Gasteiger partial charge in [-0.05, 0) is 56.5 Å². The van der Waals surface area contributed by atoms with Gasteiger partial charge in [0.2, 0.25) is 0 Å². The Kier molecular flexibility index (Phi) is 5.53. The first-order chi connectivity index (χ1) is 8.88. The van der Waals surface area contributed by atoms with E-state index in [1.165, 1.54) is 44.5 Å². The molecule has 0 radical (unpaired) electrons. The zero-order chi connectivity index (χ0) is 12.6. The van der Waals surface area contributed by atoms with E-state index >= 15 is 0 Å². The maximum absolute atomic E-state index is 5.77. The molecule has 0 bridgehead atoms. The molecule has 0 aromatic heterocycles. The number of aryl methyl sites for hydroxylation is 1. The quantitative estimate of drug-likeness (QED) is 0.713. The molecule has 0 saturated carbocycles. The molecule has 0 amide bonds. The highest BCUT2D eigenvalue weighted by molar-refractivity contribution is 5.27. The van der Waals surface area contributed by atoms with Crippen LogP contribution in [0.4, 0.5) is 0 Å². The largest absolute Gasteiger partial charge is 0.494 e. The standard InChI is InChI=1S/C16H25NO/c1-2-15-7-9-16(10-8-15)18-14-6-13-17-11-4-3-5-12-17/h7-10H,2-6,11-14H2,1H3. The molecule has 0 N–H and O–H groups in total. The molecule has 1 aliphatic heterocycles. The molecular formula is C16H25NO. The van der Waals surface area contributed by atoms with Crippen LogP contribution in [0.1, 0.15) is 38.2 Å². The summed E-state index contributed by atoms with van der Waals surface area (Å²) in [6.45, 7) is 6.76. The van der Waals surface area contributed by atoms with Crippen molar-refractivity contribution >= 4 is 0 Å². The summed E-state index contributed by atoms with van der Waals surface area (Å²) in [4.78, 5) is 2.56. The molecule has 18 heavy (non-hydrogen) atoms. The summed E-state index contributed by atoms with van der Waals surface area (Å²) in [6.07, 6.45) is 6.39. The van der Waals surface area contributed by atoms with Crippen LogP contribution < -0.4 is 4.74 Å². The Balaban J connectivity index is 1.62. The first kappa shape index (κ1) is 13.4. The molecule has 0 aliphatic carbocycles. The Morgan fingerprint density at radius 1 is 1.06 bits per heavy atom. The van der Waals surface area contributed by atoms with Gasteiger partial charge in [0.25, 0.3) is 0 Å². The maximum atomic E-state index is 5.77. The van der Waals surface area contributed by atoms with Gasteiger partial charge in [-0.15, -0.1) is 0 Å². The van der Waals surface area contributed by atoms with Crippen LogP contribution in [0.5, 0.6) is 5.75 Å². The van der Waals surface area contributed by atoms with E-state index in [4.69, 9.17) is 4.74 Å². The van der Waals surface area contributed by atoms with Crippen LogP contribution in [0.2, 0.25) is 0 Å². The Hall–Kier alpha value is -1.02. The van der Waals surface area contributed by atoms with Crippen LogP contribution in [0, 0.1) is 0 Å². The number of nitrogens with zero attached hydrogens (tertiary/aromatic N) is 1. The van der Waals surface area contributed by atoms with Crippen LogP contribution in [0.15, 0.2) is 24.3 Å². The summed E-state index contributed by atoms with van der Waals surface area (Å²) in [5.41, 5.74) is 1.37. The third kappa shape index (κ3) is 4.34. The molecule has 1 fully saturated rings. The second-order valence-corrected chi connectivity index (χ2v) is 5.10. The lowest BCUT2D eigenvalue weighted by Crippen LogP contribution is -2.31. The molecule has 0 unspecified atom stereocenters. The maximum Gasteiger partial charge on any atom is 0.119 e. The highest BCUT2D eigenvalue weighted by Gasteiger charge is 2.08. The fourth-order valence-corrected chi connectivity index (χ4v) is 2.48. The fourth-order valence-electron chi connectivity index (χ4n) is 2.48. The average molecular weight is 247 g/mol. The van der Waals surface area contributed by atoms with Crippen LogP contribution in [0.25, 0.3) is 0 Å². The predicted molar refractivity (Wildman–Crippen MR) is 76.2 cm³/mol. The molecule has 2 heteroatoms. The molecule has 1 aromatic carbocycles. The number of piperidine rings is 1. The Morgan fingerprint density at radius 2 is 1.78 bits per heavy atom. The van der Waals surface area contributed by atoms with Crippen molar-refractivity contribution in [3.8, 4) is 5.75 Å². The van der Waals surface area contributed by atoms with Crippen molar-refractivity contribution in [1.29, 1.82) is 0 Å². The lowest BCUT2D eigenvalue weighted by Gasteiger charge is -2.26. The van der Waals surface area contributed by atoms with E-state index in [0.717, 1.165) is 25.2 Å². The topological polar surface area (TPSA) is 12.5 Å². The molecule has 0 atom stereocenters. The first-order valence-corrected chi connectivity index (χ1v) is 7.32. The van der Waals surface area contributed by atoms with Crippen molar-refractivity contribution in [2.75, 3.05) is 26.2 Å². The van der Waals surface area contributed by atoms with Gasteiger partial charge < -0.3 is 9.64 Å². The summed E-state index contributed by atoms with van der Waals surface area (Å²) in [7, 11) is 0. The van der Waals surface area contributed by atoms with Gasteiger partial charge in [0.1, 0.15) is 5.75 Å². The zero-order valence-electron chi connectivity index (χ0n) is 11.5. The fraction of sp³-hybridized carbons (Fsp3) is 0.625. The van der Waals surface area contributed by atoms with E-state index < -0.39 is 0 Å². The minimum absolute atomic E-state index is 0.835. The Morgan fingerprint density at radius 3 is 2.44 bits per heavy atom. The first-order valence-electron chi connectivity index (χ1n) is 7.32. The smallest absolute Gasteiger partial charge is 0.119 e. The number of benzene rings is 1. The van der Waals surface area contributed by atoms with E-state index in [9.17, 15) is 0 Å². The molecule has 2 nitrogen and oxygen atoms in total. The van der Waals surface area contributed by atoms with E-state index in [1.807, 2.05) is 0 Å². The number of hydrogen-bond donors (Lipinski definition) is 0. The predicted octanol–water partition coefficient (Wildman–Crippen LogP) is 3.50. The lowest BCUT2D eigenvalue weighted by molar-refractivity contribution is 0.205. The second-order valence-electron chi connectivity index (χ2n) is 5.10. The average Bonchev–Trinajstić information content (AvgIpc) is 2.45. The summed E-state index contributed by atoms with van der Waals surface area (Å²) in [5.74, 6) is 1.01. The van der Waals surface area contributed by atoms with Gasteiger partial charge >= 0.3 is 0 Å². The highest BCUT2D eigenvalue weighted by Crippen LogP contribution is 2.13. The Bertz CT molecular complexity index is 327. The van der Waals surface area contributed by atoms with E-state index in [2.05, 4.69) is 36.1 Å². The third-order valence-electron chi connectivity index (χ3n) is 3.67. The van der Waals surface area contributed by atoms with Crippen molar-refractivity contribution in [3.63, 3.8) is 0 Å². The van der Waals surface area contributed by atoms with Crippen LogP contribution in [-0.2, 0) is 6.42 Å². The van der Waals surface area contributed by atoms with Gasteiger partial charge in [-0.2, -0.15) is 0 Å². The van der Waals surface area contributed by atoms with Gasteiger partial charge in [0.05, 0.1) is 6.61 Å². The van der Waals surface area contributed by atoms with Gasteiger partial charge in [-0.1, -0.05) is 25.5 Å². The van der Waals surface area contributed by atoms with Gasteiger partial charge in [0.15, 0.2) is 0 Å². The van der Waals surface area contributed by atoms with Crippen molar-refractivity contribution in [1.82, 2.24) is 4.90 Å². The molecule has 1 heterocycles. The van der Waals surface area contributed by atoms with Crippen molar-refractivity contribution in [3.05, 3.63) is 29.8 Å².